The van der Waals surface area contributed by atoms with E-state index in [-0.39, 0.29) is 0 Å². The van der Waals surface area contributed by atoms with Crippen LogP contribution in [-0.4, -0.2) is 4.40 Å². The fourth-order valence-corrected chi connectivity index (χ4v) is 7.90. The zero-order valence-electron chi connectivity index (χ0n) is 28.7. The van der Waals surface area contributed by atoms with E-state index in [1.54, 1.807) is 0 Å². The first-order chi connectivity index (χ1) is 23.2. The van der Waals surface area contributed by atoms with Gasteiger partial charge in [0.2, 0.25) is 0 Å². The van der Waals surface area contributed by atoms with Gasteiger partial charge >= 0.3 is 0 Å². The Balaban J connectivity index is 1.41. The van der Waals surface area contributed by atoms with Crippen molar-refractivity contribution in [3.63, 3.8) is 0 Å². The van der Waals surface area contributed by atoms with Gasteiger partial charge in [-0.2, -0.15) is 0 Å². The fraction of sp³-hybridized carbons (Fsp3) is 0.191. The predicted octanol–water partition coefficient (Wildman–Crippen LogP) is 13.8. The van der Waals surface area contributed by atoms with Gasteiger partial charge in [-0.3, -0.25) is 0 Å². The van der Waals surface area contributed by atoms with Gasteiger partial charge in [-0.1, -0.05) is 120 Å². The molecule has 0 saturated carbocycles. The second-order valence-corrected chi connectivity index (χ2v) is 14.9. The lowest BCUT2D eigenvalue weighted by molar-refractivity contribution is 0.867. The number of aromatic nitrogens is 1. The lowest BCUT2D eigenvalue weighted by atomic mass is 9.91. The topological polar surface area (TPSA) is 4.41 Å². The second-order valence-electron chi connectivity index (χ2n) is 14.9. The molecule has 1 heteroatoms. The number of benzene rings is 7. The smallest absolute Gasteiger partial charge is 0.0620 e. The molecule has 0 atom stereocenters. The zero-order valence-corrected chi connectivity index (χ0v) is 28.7. The molecule has 0 aliphatic heterocycles. The van der Waals surface area contributed by atoms with Crippen LogP contribution in [0.5, 0.6) is 0 Å². The molecule has 0 fully saturated rings. The number of fused-ring (bicyclic) bond motifs is 8. The summed E-state index contributed by atoms with van der Waals surface area (Å²) in [7, 11) is 0. The van der Waals surface area contributed by atoms with Crippen molar-refractivity contribution in [1.82, 2.24) is 4.40 Å². The number of hydrogen-bond acceptors (Lipinski definition) is 0. The van der Waals surface area contributed by atoms with E-state index in [4.69, 9.17) is 0 Å². The minimum absolute atomic E-state index is 0.428. The third-order valence-corrected chi connectivity index (χ3v) is 10.7. The Kier molecular flexibility index (Phi) is 6.47. The van der Waals surface area contributed by atoms with Gasteiger partial charge in [-0.25, -0.2) is 0 Å². The maximum absolute atomic E-state index is 2.55. The van der Waals surface area contributed by atoms with Crippen molar-refractivity contribution in [2.75, 3.05) is 0 Å². The molecule has 9 rings (SSSR count). The SMILES string of the molecule is CC(C)c1cc(-c2ccccc2)cc(-c2cc3c4cc5cc(C(C)C)ccc5cc4n4c5cc6ccc(C(C)C)cc6cc5c(c2)c34)c1. The van der Waals surface area contributed by atoms with E-state index in [2.05, 4.69) is 167 Å². The summed E-state index contributed by atoms with van der Waals surface area (Å²) in [4.78, 5) is 0. The highest BCUT2D eigenvalue weighted by atomic mass is 14.9. The van der Waals surface area contributed by atoms with Gasteiger partial charge in [-0.15, -0.1) is 0 Å². The standard InChI is InChI=1S/C47H41N/c1-27(2)31-12-14-33-25-45-41(21-38(33)16-31)43-23-40(37-19-35(29(5)6)18-36(20-37)30-10-8-7-9-11-30)24-44-42-22-39-17-32(28(3)4)13-15-34(39)26-46(42)48(45)47(43)44/h7-29H,1-6H3. The minimum Gasteiger partial charge on any atom is -0.308 e. The summed E-state index contributed by atoms with van der Waals surface area (Å²) < 4.78 is 2.55. The molecule has 0 amide bonds. The van der Waals surface area contributed by atoms with Gasteiger partial charge in [0.1, 0.15) is 0 Å². The molecule has 234 valence electrons. The maximum atomic E-state index is 2.55. The molecular weight excluding hydrogens is 579 g/mol. The summed E-state index contributed by atoms with van der Waals surface area (Å²) in [5, 5.41) is 10.5. The van der Waals surface area contributed by atoms with Crippen LogP contribution in [0.1, 0.15) is 76.0 Å². The zero-order chi connectivity index (χ0) is 32.8. The van der Waals surface area contributed by atoms with Crippen LogP contribution in [0.3, 0.4) is 0 Å². The molecule has 0 aliphatic rings. The molecule has 7 aromatic carbocycles. The lowest BCUT2D eigenvalue weighted by Crippen LogP contribution is -1.91. The third-order valence-electron chi connectivity index (χ3n) is 10.7. The first-order valence-corrected chi connectivity index (χ1v) is 17.6. The second kappa shape index (κ2) is 10.7. The van der Waals surface area contributed by atoms with E-state index in [0.717, 1.165) is 0 Å². The highest BCUT2D eigenvalue weighted by Crippen LogP contribution is 2.45. The first-order valence-electron chi connectivity index (χ1n) is 17.6. The van der Waals surface area contributed by atoms with E-state index < -0.39 is 0 Å². The average molecular weight is 620 g/mol. The van der Waals surface area contributed by atoms with Crippen LogP contribution in [0.15, 0.2) is 121 Å². The van der Waals surface area contributed by atoms with Gasteiger partial charge < -0.3 is 4.40 Å². The molecule has 1 nitrogen and oxygen atoms in total. The molecule has 0 unspecified atom stereocenters. The molecule has 48 heavy (non-hydrogen) atoms. The van der Waals surface area contributed by atoms with Crippen molar-refractivity contribution < 1.29 is 0 Å². The summed E-state index contributed by atoms with van der Waals surface area (Å²) in [6, 6.07) is 46.7. The van der Waals surface area contributed by atoms with Gasteiger partial charge in [0.25, 0.3) is 0 Å². The number of nitrogens with zero attached hydrogens (tertiary/aromatic N) is 1. The molecular formula is C47H41N. The fourth-order valence-electron chi connectivity index (χ4n) is 7.90. The van der Waals surface area contributed by atoms with E-state index in [0.29, 0.717) is 17.8 Å². The molecule has 0 radical (unpaired) electrons. The van der Waals surface area contributed by atoms with Gasteiger partial charge in [0.15, 0.2) is 0 Å². The van der Waals surface area contributed by atoms with E-state index in [1.165, 1.54) is 98.6 Å². The number of rotatable bonds is 5. The van der Waals surface area contributed by atoms with Crippen LogP contribution >= 0.6 is 0 Å². The van der Waals surface area contributed by atoms with Crippen LogP contribution in [0.25, 0.3) is 81.9 Å². The van der Waals surface area contributed by atoms with Crippen LogP contribution < -0.4 is 0 Å². The van der Waals surface area contributed by atoms with E-state index in [1.807, 2.05) is 0 Å². The molecule has 0 bridgehead atoms. The van der Waals surface area contributed by atoms with Crippen molar-refractivity contribution in [2.45, 2.75) is 59.3 Å². The van der Waals surface area contributed by atoms with Crippen molar-refractivity contribution >= 4 is 59.6 Å². The molecule has 2 aromatic heterocycles. The molecule has 0 saturated heterocycles. The van der Waals surface area contributed by atoms with Gasteiger partial charge in [0.05, 0.1) is 16.6 Å². The van der Waals surface area contributed by atoms with Gasteiger partial charge in [-0.05, 0) is 121 Å². The maximum Gasteiger partial charge on any atom is 0.0620 e. The Labute approximate surface area is 282 Å². The first kappa shape index (κ1) is 29.0. The van der Waals surface area contributed by atoms with Crippen LogP contribution in [0, 0.1) is 0 Å². The number of hydrogen-bond donors (Lipinski definition) is 0. The Morgan fingerprint density at radius 1 is 0.354 bits per heavy atom. The average Bonchev–Trinajstić information content (AvgIpc) is 3.59. The summed E-state index contributed by atoms with van der Waals surface area (Å²) in [6.45, 7) is 13.7. The van der Waals surface area contributed by atoms with Crippen molar-refractivity contribution in [3.8, 4) is 22.3 Å². The Hall–Kier alpha value is -5.14. The van der Waals surface area contributed by atoms with E-state index >= 15 is 0 Å². The van der Waals surface area contributed by atoms with Crippen molar-refractivity contribution in [2.24, 2.45) is 0 Å². The Bertz CT molecular complexity index is 2550. The summed E-state index contributed by atoms with van der Waals surface area (Å²) in [6.07, 6.45) is 0. The summed E-state index contributed by atoms with van der Waals surface area (Å²) in [5.74, 6) is 1.41. The molecule has 9 aromatic rings. The highest BCUT2D eigenvalue weighted by molar-refractivity contribution is 6.27. The van der Waals surface area contributed by atoms with Crippen LogP contribution in [0.4, 0.5) is 0 Å². The largest absolute Gasteiger partial charge is 0.308 e. The van der Waals surface area contributed by atoms with Crippen molar-refractivity contribution in [3.05, 3.63) is 138 Å². The quantitative estimate of drug-likeness (QED) is 0.181. The molecule has 2 heterocycles. The summed E-state index contributed by atoms with van der Waals surface area (Å²) >= 11 is 0. The predicted molar refractivity (Wildman–Crippen MR) is 209 cm³/mol. The monoisotopic (exact) mass is 619 g/mol. The summed E-state index contributed by atoms with van der Waals surface area (Å²) in [5.41, 5.74) is 13.1. The van der Waals surface area contributed by atoms with Crippen LogP contribution in [0.2, 0.25) is 0 Å². The third kappa shape index (κ3) is 4.44. The molecule has 0 aliphatic carbocycles. The van der Waals surface area contributed by atoms with E-state index in [9.17, 15) is 0 Å². The van der Waals surface area contributed by atoms with Gasteiger partial charge in [0, 0.05) is 21.5 Å². The minimum atomic E-state index is 0.428. The van der Waals surface area contributed by atoms with Crippen LogP contribution in [-0.2, 0) is 0 Å². The molecule has 0 spiro atoms. The highest BCUT2D eigenvalue weighted by Gasteiger charge is 2.21. The lowest BCUT2D eigenvalue weighted by Gasteiger charge is -2.14. The van der Waals surface area contributed by atoms with Crippen molar-refractivity contribution in [1.29, 1.82) is 0 Å². The Morgan fingerprint density at radius 2 is 0.833 bits per heavy atom. The normalized spacial score (nSPS) is 12.5. The molecule has 0 N–H and O–H groups in total. The Morgan fingerprint density at radius 3 is 1.33 bits per heavy atom.